The number of thiazole rings is 1. The van der Waals surface area contributed by atoms with Crippen molar-refractivity contribution in [3.8, 4) is 16.3 Å². The smallest absolute Gasteiger partial charge is 0.257 e. The number of carbonyl (C=O) groups excluding carboxylic acids is 1. The van der Waals surface area contributed by atoms with Crippen LogP contribution >= 0.6 is 23.6 Å². The maximum atomic E-state index is 12.5. The first-order valence-corrected chi connectivity index (χ1v) is 11.6. The van der Waals surface area contributed by atoms with Crippen molar-refractivity contribution in [1.82, 2.24) is 10.3 Å². The number of anilines is 1. The van der Waals surface area contributed by atoms with Crippen molar-refractivity contribution in [1.29, 1.82) is 0 Å². The highest BCUT2D eigenvalue weighted by Crippen LogP contribution is 2.30. The molecule has 7 heteroatoms. The number of aromatic nitrogens is 1. The normalized spacial score (nSPS) is 11.7. The number of rotatable bonds is 6. The largest absolute Gasteiger partial charge is 0.491 e. The Morgan fingerprint density at radius 3 is 2.47 bits per heavy atom. The molecule has 2 N–H and O–H groups in total. The molecule has 1 atom stereocenters. The van der Waals surface area contributed by atoms with Gasteiger partial charge in [0.05, 0.1) is 16.3 Å². The standard InChI is InChI=1S/C25H23N3O2S2/c1-3-16(2)30-20-14-10-17(11-15-20)23(29)28-25(31)26-19-12-8-18(9-13-19)24-27-21-6-4-5-7-22(21)32-24/h4-16H,3H2,1-2H3,(H2,26,28,29,31)/t16-/m1/s1. The number of hydrogen-bond donors (Lipinski definition) is 2. The molecule has 5 nitrogen and oxygen atoms in total. The molecule has 1 aromatic heterocycles. The number of fused-ring (bicyclic) bond motifs is 1. The summed E-state index contributed by atoms with van der Waals surface area (Å²) >= 11 is 6.96. The van der Waals surface area contributed by atoms with Gasteiger partial charge in [0, 0.05) is 16.8 Å². The summed E-state index contributed by atoms with van der Waals surface area (Å²) in [6, 6.07) is 22.9. The van der Waals surface area contributed by atoms with Crippen molar-refractivity contribution in [2.24, 2.45) is 0 Å². The van der Waals surface area contributed by atoms with Gasteiger partial charge in [0.25, 0.3) is 5.91 Å². The molecule has 32 heavy (non-hydrogen) atoms. The fourth-order valence-electron chi connectivity index (χ4n) is 3.03. The summed E-state index contributed by atoms with van der Waals surface area (Å²) in [6.07, 6.45) is 1.05. The van der Waals surface area contributed by atoms with E-state index in [2.05, 4.69) is 28.6 Å². The van der Waals surface area contributed by atoms with Crippen LogP contribution in [-0.4, -0.2) is 22.1 Å². The molecule has 0 spiro atoms. The SMILES string of the molecule is CC[C@@H](C)Oc1ccc(C(=O)NC(=S)Nc2ccc(-c3nc4ccccc4s3)cc2)cc1. The summed E-state index contributed by atoms with van der Waals surface area (Å²) in [5.41, 5.74) is 3.33. The first-order chi connectivity index (χ1) is 15.5. The van der Waals surface area contributed by atoms with Crippen molar-refractivity contribution in [3.63, 3.8) is 0 Å². The zero-order chi connectivity index (χ0) is 22.5. The molecule has 0 saturated carbocycles. The number of carbonyl (C=O) groups is 1. The number of para-hydroxylation sites is 1. The van der Waals surface area contributed by atoms with Crippen LogP contribution in [0.25, 0.3) is 20.8 Å². The lowest BCUT2D eigenvalue weighted by Gasteiger charge is -2.13. The fourth-order valence-corrected chi connectivity index (χ4v) is 4.21. The van der Waals surface area contributed by atoms with E-state index in [9.17, 15) is 4.79 Å². The van der Waals surface area contributed by atoms with Gasteiger partial charge in [0.1, 0.15) is 10.8 Å². The van der Waals surface area contributed by atoms with Gasteiger partial charge in [-0.3, -0.25) is 10.1 Å². The van der Waals surface area contributed by atoms with E-state index in [4.69, 9.17) is 17.0 Å². The Balaban J connectivity index is 1.35. The van der Waals surface area contributed by atoms with Gasteiger partial charge in [-0.25, -0.2) is 4.98 Å². The lowest BCUT2D eigenvalue weighted by molar-refractivity contribution is 0.0977. The summed E-state index contributed by atoms with van der Waals surface area (Å²) in [5, 5.41) is 6.97. The fraction of sp³-hybridized carbons (Fsp3) is 0.160. The van der Waals surface area contributed by atoms with E-state index in [1.54, 1.807) is 35.6 Å². The van der Waals surface area contributed by atoms with Crippen LogP contribution < -0.4 is 15.4 Å². The predicted octanol–water partition coefficient (Wildman–Crippen LogP) is 6.27. The average molecular weight is 462 g/mol. The molecule has 1 heterocycles. The van der Waals surface area contributed by atoms with Crippen molar-refractivity contribution < 1.29 is 9.53 Å². The molecule has 0 aliphatic rings. The summed E-state index contributed by atoms with van der Waals surface area (Å²) in [5.74, 6) is 0.466. The highest BCUT2D eigenvalue weighted by Gasteiger charge is 2.10. The second-order valence-corrected chi connectivity index (χ2v) is 8.77. The van der Waals surface area contributed by atoms with E-state index in [1.165, 1.54) is 0 Å². The molecule has 3 aromatic carbocycles. The summed E-state index contributed by atoms with van der Waals surface area (Å²) in [6.45, 7) is 4.07. The lowest BCUT2D eigenvalue weighted by atomic mass is 10.2. The van der Waals surface area contributed by atoms with Gasteiger partial charge in [-0.2, -0.15) is 0 Å². The van der Waals surface area contributed by atoms with Crippen LogP contribution in [0.4, 0.5) is 5.69 Å². The molecule has 162 valence electrons. The number of amides is 1. The van der Waals surface area contributed by atoms with Crippen LogP contribution in [0, 0.1) is 0 Å². The van der Waals surface area contributed by atoms with Crippen molar-refractivity contribution >= 4 is 50.5 Å². The van der Waals surface area contributed by atoms with Crippen LogP contribution in [0.15, 0.2) is 72.8 Å². The molecule has 4 rings (SSSR count). The zero-order valence-electron chi connectivity index (χ0n) is 17.8. The van der Waals surface area contributed by atoms with Crippen molar-refractivity contribution in [3.05, 3.63) is 78.4 Å². The van der Waals surface area contributed by atoms with Crippen LogP contribution in [0.5, 0.6) is 5.75 Å². The Bertz CT molecular complexity index is 1200. The Morgan fingerprint density at radius 2 is 1.78 bits per heavy atom. The summed E-state index contributed by atoms with van der Waals surface area (Å²) in [4.78, 5) is 17.2. The van der Waals surface area contributed by atoms with Crippen LogP contribution in [0.2, 0.25) is 0 Å². The van der Waals surface area contributed by atoms with Crippen LogP contribution in [-0.2, 0) is 0 Å². The minimum absolute atomic E-state index is 0.132. The molecule has 0 radical (unpaired) electrons. The first kappa shape index (κ1) is 21.9. The molecule has 0 saturated heterocycles. The number of nitrogens with one attached hydrogen (secondary N) is 2. The predicted molar refractivity (Wildman–Crippen MR) is 136 cm³/mol. The Labute approximate surface area is 196 Å². The molecule has 0 aliphatic carbocycles. The van der Waals surface area contributed by atoms with Gasteiger partial charge >= 0.3 is 0 Å². The molecule has 4 aromatic rings. The van der Waals surface area contributed by atoms with Gasteiger partial charge in [-0.1, -0.05) is 19.1 Å². The third-order valence-electron chi connectivity index (χ3n) is 4.94. The Kier molecular flexibility index (Phi) is 6.78. The summed E-state index contributed by atoms with van der Waals surface area (Å²) < 4.78 is 6.90. The van der Waals surface area contributed by atoms with Gasteiger partial charge in [0.15, 0.2) is 5.11 Å². The minimum atomic E-state index is -0.274. The van der Waals surface area contributed by atoms with Crippen molar-refractivity contribution in [2.75, 3.05) is 5.32 Å². The van der Waals surface area contributed by atoms with Crippen molar-refractivity contribution in [2.45, 2.75) is 26.4 Å². The second kappa shape index (κ2) is 9.89. The highest BCUT2D eigenvalue weighted by atomic mass is 32.1. The van der Waals surface area contributed by atoms with E-state index >= 15 is 0 Å². The van der Waals surface area contributed by atoms with E-state index in [1.807, 2.05) is 49.4 Å². The molecule has 1 amide bonds. The van der Waals surface area contributed by atoms with Gasteiger partial charge < -0.3 is 10.1 Å². The van der Waals surface area contributed by atoms with E-state index in [-0.39, 0.29) is 17.1 Å². The average Bonchev–Trinajstić information content (AvgIpc) is 3.24. The Hall–Kier alpha value is -3.29. The molecular weight excluding hydrogens is 438 g/mol. The number of thiocarbonyl (C=S) groups is 1. The van der Waals surface area contributed by atoms with Gasteiger partial charge in [-0.05, 0) is 86.2 Å². The quantitative estimate of drug-likeness (QED) is 0.332. The third kappa shape index (κ3) is 5.30. The molecular formula is C25H23N3O2S2. The maximum absolute atomic E-state index is 12.5. The highest BCUT2D eigenvalue weighted by molar-refractivity contribution is 7.80. The first-order valence-electron chi connectivity index (χ1n) is 10.4. The molecule has 0 fully saturated rings. The van der Waals surface area contributed by atoms with E-state index in [0.717, 1.165) is 38.6 Å². The number of nitrogens with zero attached hydrogens (tertiary/aromatic N) is 1. The molecule has 0 aliphatic heterocycles. The van der Waals surface area contributed by atoms with Gasteiger partial charge in [-0.15, -0.1) is 11.3 Å². The number of benzene rings is 3. The van der Waals surface area contributed by atoms with Crippen LogP contribution in [0.3, 0.4) is 0 Å². The van der Waals surface area contributed by atoms with E-state index < -0.39 is 0 Å². The summed E-state index contributed by atoms with van der Waals surface area (Å²) in [7, 11) is 0. The lowest BCUT2D eigenvalue weighted by Crippen LogP contribution is -2.34. The van der Waals surface area contributed by atoms with E-state index in [0.29, 0.717) is 5.56 Å². The Morgan fingerprint density at radius 1 is 1.06 bits per heavy atom. The number of hydrogen-bond acceptors (Lipinski definition) is 5. The topological polar surface area (TPSA) is 63.2 Å². The zero-order valence-corrected chi connectivity index (χ0v) is 19.4. The maximum Gasteiger partial charge on any atom is 0.257 e. The minimum Gasteiger partial charge on any atom is -0.491 e. The number of ether oxygens (including phenoxy) is 1. The van der Waals surface area contributed by atoms with Crippen LogP contribution in [0.1, 0.15) is 30.6 Å². The molecule has 0 unspecified atom stereocenters. The third-order valence-corrected chi connectivity index (χ3v) is 6.23. The monoisotopic (exact) mass is 461 g/mol. The molecule has 0 bridgehead atoms. The second-order valence-electron chi connectivity index (χ2n) is 7.33. The van der Waals surface area contributed by atoms with Gasteiger partial charge in [0.2, 0.25) is 0 Å².